The molecule has 0 aliphatic carbocycles. The number of esters is 1. The predicted molar refractivity (Wildman–Crippen MR) is 75.6 cm³/mol. The van der Waals surface area contributed by atoms with E-state index in [0.717, 1.165) is 12.1 Å². The van der Waals surface area contributed by atoms with Crippen LogP contribution >= 0.6 is 0 Å². The van der Waals surface area contributed by atoms with Gasteiger partial charge in [-0.05, 0) is 44.9 Å². The number of hydrogen-bond donors (Lipinski definition) is 0. The van der Waals surface area contributed by atoms with Crippen molar-refractivity contribution in [3.05, 3.63) is 41.5 Å². The van der Waals surface area contributed by atoms with Gasteiger partial charge in [0.05, 0.1) is 11.1 Å². The van der Waals surface area contributed by atoms with Gasteiger partial charge < -0.3 is 4.74 Å². The highest BCUT2D eigenvalue weighted by atomic mass is 19.4. The van der Waals surface area contributed by atoms with E-state index in [1.807, 2.05) is 0 Å². The average molecular weight is 300 g/mol. The van der Waals surface area contributed by atoms with Gasteiger partial charge in [-0.1, -0.05) is 25.1 Å². The second-order valence-electron chi connectivity index (χ2n) is 5.61. The molecular formula is C16H19F3O2. The molecule has 0 aliphatic heterocycles. The zero-order valence-corrected chi connectivity index (χ0v) is 12.5. The standard InChI is InChI=1S/C16H19F3O2/c1-5-7-13(14(20)21-15(2,3)4)11-8-6-9-12(10-11)16(17,18)19/h6-10H,5H2,1-4H3. The molecule has 1 aromatic carbocycles. The zero-order valence-electron chi connectivity index (χ0n) is 12.5. The Morgan fingerprint density at radius 2 is 1.86 bits per heavy atom. The zero-order chi connectivity index (χ0) is 16.3. The number of alkyl halides is 3. The molecule has 0 saturated carbocycles. The predicted octanol–water partition coefficient (Wildman–Crippen LogP) is 4.84. The molecule has 5 heteroatoms. The minimum atomic E-state index is -4.44. The van der Waals surface area contributed by atoms with E-state index in [2.05, 4.69) is 0 Å². The summed E-state index contributed by atoms with van der Waals surface area (Å²) in [5.74, 6) is -0.622. The van der Waals surface area contributed by atoms with Crippen LogP contribution < -0.4 is 0 Å². The molecule has 2 nitrogen and oxygen atoms in total. The van der Waals surface area contributed by atoms with E-state index in [9.17, 15) is 18.0 Å². The summed E-state index contributed by atoms with van der Waals surface area (Å²) in [6.07, 6.45) is -2.35. The fraction of sp³-hybridized carbons (Fsp3) is 0.438. The fourth-order valence-electron chi connectivity index (χ4n) is 1.72. The van der Waals surface area contributed by atoms with Crippen molar-refractivity contribution in [1.29, 1.82) is 0 Å². The number of hydrogen-bond acceptors (Lipinski definition) is 2. The van der Waals surface area contributed by atoms with Crippen LogP contribution in [-0.2, 0) is 15.7 Å². The highest BCUT2D eigenvalue weighted by Gasteiger charge is 2.31. The lowest BCUT2D eigenvalue weighted by molar-refractivity contribution is -0.147. The number of ether oxygens (including phenoxy) is 1. The van der Waals surface area contributed by atoms with E-state index in [-0.39, 0.29) is 11.1 Å². The summed E-state index contributed by atoms with van der Waals surface area (Å²) in [4.78, 5) is 12.1. The Kier molecular flexibility index (Phi) is 5.20. The Morgan fingerprint density at radius 1 is 1.24 bits per heavy atom. The van der Waals surface area contributed by atoms with Gasteiger partial charge in [0.2, 0.25) is 0 Å². The van der Waals surface area contributed by atoms with Gasteiger partial charge in [-0.3, -0.25) is 0 Å². The van der Waals surface area contributed by atoms with Crippen LogP contribution in [-0.4, -0.2) is 11.6 Å². The van der Waals surface area contributed by atoms with E-state index in [4.69, 9.17) is 4.74 Å². The summed E-state index contributed by atoms with van der Waals surface area (Å²) in [7, 11) is 0. The molecule has 0 unspecified atom stereocenters. The van der Waals surface area contributed by atoms with E-state index in [1.165, 1.54) is 12.1 Å². The second-order valence-corrected chi connectivity index (χ2v) is 5.61. The van der Waals surface area contributed by atoms with Crippen LogP contribution in [0.3, 0.4) is 0 Å². The molecule has 0 atom stereocenters. The molecule has 1 rings (SSSR count). The van der Waals surface area contributed by atoms with Gasteiger partial charge in [-0.15, -0.1) is 0 Å². The SMILES string of the molecule is CCC=C(C(=O)OC(C)(C)C)c1cccc(C(F)(F)F)c1. The van der Waals surface area contributed by atoms with Crippen LogP contribution in [0.5, 0.6) is 0 Å². The summed E-state index contributed by atoms with van der Waals surface area (Å²) in [6, 6.07) is 4.69. The first-order valence-electron chi connectivity index (χ1n) is 6.65. The maximum absolute atomic E-state index is 12.8. The van der Waals surface area contributed by atoms with E-state index in [0.29, 0.717) is 6.42 Å². The first kappa shape index (κ1) is 17.3. The number of allylic oxidation sites excluding steroid dienone is 1. The third-order valence-electron chi connectivity index (χ3n) is 2.53. The molecule has 0 aliphatic rings. The Morgan fingerprint density at radius 3 is 2.33 bits per heavy atom. The first-order valence-corrected chi connectivity index (χ1v) is 6.65. The van der Waals surface area contributed by atoms with Crippen LogP contribution in [0.4, 0.5) is 13.2 Å². The van der Waals surface area contributed by atoms with Gasteiger partial charge in [-0.2, -0.15) is 13.2 Å². The van der Waals surface area contributed by atoms with Crippen molar-refractivity contribution in [3.8, 4) is 0 Å². The highest BCUT2D eigenvalue weighted by molar-refractivity contribution is 6.16. The Hall–Kier alpha value is -1.78. The topological polar surface area (TPSA) is 26.3 Å². The van der Waals surface area contributed by atoms with Gasteiger partial charge >= 0.3 is 12.1 Å². The van der Waals surface area contributed by atoms with Crippen LogP contribution in [0.15, 0.2) is 30.3 Å². The molecule has 0 fully saturated rings. The second kappa shape index (κ2) is 6.33. The molecule has 21 heavy (non-hydrogen) atoms. The van der Waals surface area contributed by atoms with Gasteiger partial charge in [0.15, 0.2) is 0 Å². The van der Waals surface area contributed by atoms with E-state index >= 15 is 0 Å². The van der Waals surface area contributed by atoms with E-state index < -0.39 is 23.3 Å². The lowest BCUT2D eigenvalue weighted by Crippen LogP contribution is -2.24. The summed E-state index contributed by atoms with van der Waals surface area (Å²) in [5, 5.41) is 0. The largest absolute Gasteiger partial charge is 0.456 e. The summed E-state index contributed by atoms with van der Waals surface area (Å²) >= 11 is 0. The normalized spacial score (nSPS) is 13.2. The Labute approximate surface area is 122 Å². The van der Waals surface area contributed by atoms with Crippen LogP contribution in [0.2, 0.25) is 0 Å². The maximum atomic E-state index is 12.8. The summed E-state index contributed by atoms with van der Waals surface area (Å²) in [5.41, 5.74) is -1.13. The molecule has 0 amide bonds. The van der Waals surface area contributed by atoms with Crippen molar-refractivity contribution in [2.24, 2.45) is 0 Å². The van der Waals surface area contributed by atoms with Gasteiger partial charge in [-0.25, -0.2) is 4.79 Å². The van der Waals surface area contributed by atoms with Crippen LogP contribution in [0, 0.1) is 0 Å². The van der Waals surface area contributed by atoms with Gasteiger partial charge in [0.25, 0.3) is 0 Å². The molecular weight excluding hydrogens is 281 g/mol. The van der Waals surface area contributed by atoms with Gasteiger partial charge in [0, 0.05) is 0 Å². The number of rotatable bonds is 3. The van der Waals surface area contributed by atoms with Crippen molar-refractivity contribution in [3.63, 3.8) is 0 Å². The van der Waals surface area contributed by atoms with Crippen LogP contribution in [0.1, 0.15) is 45.2 Å². The van der Waals surface area contributed by atoms with E-state index in [1.54, 1.807) is 33.8 Å². The third-order valence-corrected chi connectivity index (χ3v) is 2.53. The third kappa shape index (κ3) is 5.25. The maximum Gasteiger partial charge on any atom is 0.416 e. The lowest BCUT2D eigenvalue weighted by atomic mass is 10.0. The lowest BCUT2D eigenvalue weighted by Gasteiger charge is -2.21. The highest BCUT2D eigenvalue weighted by Crippen LogP contribution is 2.31. The first-order chi connectivity index (χ1) is 9.54. The van der Waals surface area contributed by atoms with Crippen LogP contribution in [0.25, 0.3) is 5.57 Å². The molecule has 0 heterocycles. The van der Waals surface area contributed by atoms with Crippen molar-refractivity contribution in [2.45, 2.75) is 45.9 Å². The molecule has 0 spiro atoms. The molecule has 116 valence electrons. The molecule has 1 aromatic rings. The summed E-state index contributed by atoms with van der Waals surface area (Å²) in [6.45, 7) is 6.93. The van der Waals surface area contributed by atoms with Gasteiger partial charge in [0.1, 0.15) is 5.60 Å². The van der Waals surface area contributed by atoms with Crippen molar-refractivity contribution < 1.29 is 22.7 Å². The summed E-state index contributed by atoms with van der Waals surface area (Å²) < 4.78 is 43.5. The minimum absolute atomic E-state index is 0.151. The molecule has 0 N–H and O–H groups in total. The molecule has 0 saturated heterocycles. The fourth-order valence-corrected chi connectivity index (χ4v) is 1.72. The Balaban J connectivity index is 3.19. The van der Waals surface area contributed by atoms with Crippen molar-refractivity contribution >= 4 is 11.5 Å². The van der Waals surface area contributed by atoms with Crippen molar-refractivity contribution in [1.82, 2.24) is 0 Å². The number of carbonyl (C=O) groups is 1. The smallest absolute Gasteiger partial charge is 0.416 e. The minimum Gasteiger partial charge on any atom is -0.456 e. The number of benzene rings is 1. The number of halogens is 3. The Bertz CT molecular complexity index is 537. The molecule has 0 bridgehead atoms. The molecule has 0 radical (unpaired) electrons. The number of carbonyl (C=O) groups excluding carboxylic acids is 1. The monoisotopic (exact) mass is 300 g/mol. The molecule has 0 aromatic heterocycles. The average Bonchev–Trinajstić information content (AvgIpc) is 2.32. The van der Waals surface area contributed by atoms with Crippen molar-refractivity contribution in [2.75, 3.05) is 0 Å². The quantitative estimate of drug-likeness (QED) is 0.589.